The van der Waals surface area contributed by atoms with E-state index in [-0.39, 0.29) is 0 Å². The Bertz CT molecular complexity index is 632. The van der Waals surface area contributed by atoms with E-state index in [2.05, 4.69) is 42.5 Å². The standard InChI is InChI=1S/C19H22O2/c20-19(21)7-3-6-17-13-18(17)11-9-14-8-10-15-4-1-2-5-16(15)12-14/h1-2,4-5,8,10,12,17-18H,3,6-7,9,11,13H2,(H,20,21). The summed E-state index contributed by atoms with van der Waals surface area (Å²) in [5.41, 5.74) is 1.42. The molecule has 1 aliphatic carbocycles. The SMILES string of the molecule is O=C(O)CCCC1CC1CCc1ccc2ccccc2c1. The lowest BCUT2D eigenvalue weighted by atomic mass is 10.0. The van der Waals surface area contributed by atoms with Crippen LogP contribution in [0.15, 0.2) is 42.5 Å². The molecular formula is C19H22O2. The molecule has 0 heterocycles. The third-order valence-corrected chi connectivity index (χ3v) is 4.65. The number of carbonyl (C=O) groups is 1. The van der Waals surface area contributed by atoms with Crippen LogP contribution in [0.25, 0.3) is 10.8 Å². The van der Waals surface area contributed by atoms with Gasteiger partial charge in [0.25, 0.3) is 0 Å². The largest absolute Gasteiger partial charge is 0.481 e. The van der Waals surface area contributed by atoms with Gasteiger partial charge in [0.1, 0.15) is 0 Å². The predicted molar refractivity (Wildman–Crippen MR) is 85.4 cm³/mol. The minimum Gasteiger partial charge on any atom is -0.481 e. The molecule has 0 amide bonds. The summed E-state index contributed by atoms with van der Waals surface area (Å²) in [5.74, 6) is 0.943. The Hall–Kier alpha value is -1.83. The molecule has 0 radical (unpaired) electrons. The Kier molecular flexibility index (Phi) is 4.23. The fraction of sp³-hybridized carbons (Fsp3) is 0.421. The lowest BCUT2D eigenvalue weighted by Crippen LogP contribution is -1.95. The summed E-state index contributed by atoms with van der Waals surface area (Å²) in [6, 6.07) is 15.2. The molecule has 2 aromatic rings. The van der Waals surface area contributed by atoms with Crippen LogP contribution in [0.5, 0.6) is 0 Å². The number of hydrogen-bond acceptors (Lipinski definition) is 1. The lowest BCUT2D eigenvalue weighted by Gasteiger charge is -2.04. The highest BCUT2D eigenvalue weighted by Crippen LogP contribution is 2.45. The number of benzene rings is 2. The monoisotopic (exact) mass is 282 g/mol. The van der Waals surface area contributed by atoms with Crippen molar-refractivity contribution in [2.75, 3.05) is 0 Å². The first-order valence-electron chi connectivity index (χ1n) is 7.92. The minimum absolute atomic E-state index is 0.327. The van der Waals surface area contributed by atoms with Crippen molar-refractivity contribution in [2.24, 2.45) is 11.8 Å². The van der Waals surface area contributed by atoms with Crippen molar-refractivity contribution in [1.82, 2.24) is 0 Å². The molecule has 0 aliphatic heterocycles. The maximum Gasteiger partial charge on any atom is 0.303 e. The van der Waals surface area contributed by atoms with Crippen LogP contribution in [0.3, 0.4) is 0 Å². The quantitative estimate of drug-likeness (QED) is 0.801. The van der Waals surface area contributed by atoms with Gasteiger partial charge < -0.3 is 5.11 Å². The van der Waals surface area contributed by atoms with E-state index in [0.29, 0.717) is 6.42 Å². The van der Waals surface area contributed by atoms with Crippen molar-refractivity contribution in [1.29, 1.82) is 0 Å². The van der Waals surface area contributed by atoms with Gasteiger partial charge in [0.05, 0.1) is 0 Å². The average Bonchev–Trinajstić information content (AvgIpc) is 3.23. The van der Waals surface area contributed by atoms with Gasteiger partial charge in [0.2, 0.25) is 0 Å². The van der Waals surface area contributed by atoms with Crippen LogP contribution in [0.1, 0.15) is 37.7 Å². The Morgan fingerprint density at radius 1 is 1.05 bits per heavy atom. The highest BCUT2D eigenvalue weighted by molar-refractivity contribution is 5.82. The van der Waals surface area contributed by atoms with Crippen molar-refractivity contribution in [3.63, 3.8) is 0 Å². The first-order chi connectivity index (χ1) is 10.2. The molecule has 0 saturated heterocycles. The lowest BCUT2D eigenvalue weighted by molar-refractivity contribution is -0.137. The molecule has 1 aliphatic rings. The molecule has 0 aromatic heterocycles. The molecule has 2 unspecified atom stereocenters. The summed E-state index contributed by atoms with van der Waals surface area (Å²) in [6.45, 7) is 0. The predicted octanol–water partition coefficient (Wildman–Crippen LogP) is 4.66. The molecular weight excluding hydrogens is 260 g/mol. The molecule has 110 valence electrons. The molecule has 0 spiro atoms. The molecule has 1 N–H and O–H groups in total. The molecule has 1 fully saturated rings. The van der Waals surface area contributed by atoms with Crippen LogP contribution in [0.4, 0.5) is 0 Å². The first kappa shape index (κ1) is 14.1. The molecule has 2 heteroatoms. The van der Waals surface area contributed by atoms with Gasteiger partial charge in [-0.1, -0.05) is 42.5 Å². The van der Waals surface area contributed by atoms with Crippen LogP contribution < -0.4 is 0 Å². The highest BCUT2D eigenvalue weighted by Gasteiger charge is 2.35. The van der Waals surface area contributed by atoms with Crippen molar-refractivity contribution in [3.8, 4) is 0 Å². The number of carboxylic acids is 1. The molecule has 2 nitrogen and oxygen atoms in total. The van der Waals surface area contributed by atoms with Crippen molar-refractivity contribution < 1.29 is 9.90 Å². The third kappa shape index (κ3) is 3.84. The summed E-state index contributed by atoms with van der Waals surface area (Å²) in [4.78, 5) is 10.5. The molecule has 0 bridgehead atoms. The summed E-state index contributed by atoms with van der Waals surface area (Å²) in [5, 5.41) is 11.3. The van der Waals surface area contributed by atoms with Gasteiger partial charge in [-0.15, -0.1) is 0 Å². The Morgan fingerprint density at radius 2 is 1.81 bits per heavy atom. The van der Waals surface area contributed by atoms with Gasteiger partial charge in [-0.2, -0.15) is 0 Å². The van der Waals surface area contributed by atoms with Gasteiger partial charge in [-0.3, -0.25) is 4.79 Å². The number of fused-ring (bicyclic) bond motifs is 1. The summed E-state index contributed by atoms with van der Waals surface area (Å²) >= 11 is 0. The zero-order chi connectivity index (χ0) is 14.7. The summed E-state index contributed by atoms with van der Waals surface area (Å²) in [7, 11) is 0. The maximum absolute atomic E-state index is 10.5. The van der Waals surface area contributed by atoms with Gasteiger partial charge in [0, 0.05) is 6.42 Å². The highest BCUT2D eigenvalue weighted by atomic mass is 16.4. The van der Waals surface area contributed by atoms with Gasteiger partial charge in [0.15, 0.2) is 0 Å². The second kappa shape index (κ2) is 6.30. The zero-order valence-corrected chi connectivity index (χ0v) is 12.3. The first-order valence-corrected chi connectivity index (χ1v) is 7.92. The van der Waals surface area contributed by atoms with Crippen LogP contribution in [-0.2, 0) is 11.2 Å². The number of carboxylic acid groups (broad SMARTS) is 1. The smallest absolute Gasteiger partial charge is 0.303 e. The second-order valence-corrected chi connectivity index (χ2v) is 6.26. The van der Waals surface area contributed by atoms with E-state index in [1.54, 1.807) is 0 Å². The number of aliphatic carboxylic acids is 1. The summed E-state index contributed by atoms with van der Waals surface area (Å²) < 4.78 is 0. The number of hydrogen-bond donors (Lipinski definition) is 1. The maximum atomic E-state index is 10.5. The zero-order valence-electron chi connectivity index (χ0n) is 12.3. The molecule has 1 saturated carbocycles. The van der Waals surface area contributed by atoms with E-state index in [1.165, 1.54) is 29.2 Å². The van der Waals surface area contributed by atoms with Crippen LogP contribution in [-0.4, -0.2) is 11.1 Å². The van der Waals surface area contributed by atoms with E-state index in [1.807, 2.05) is 0 Å². The van der Waals surface area contributed by atoms with E-state index in [0.717, 1.165) is 31.1 Å². The minimum atomic E-state index is -0.664. The van der Waals surface area contributed by atoms with E-state index in [4.69, 9.17) is 5.11 Å². The van der Waals surface area contributed by atoms with Gasteiger partial charge in [-0.05, 0) is 60.3 Å². The molecule has 3 rings (SSSR count). The van der Waals surface area contributed by atoms with Crippen molar-refractivity contribution in [3.05, 3.63) is 48.0 Å². The van der Waals surface area contributed by atoms with E-state index >= 15 is 0 Å². The normalized spacial score (nSPS) is 20.6. The number of rotatable bonds is 7. The Balaban J connectivity index is 1.46. The Labute approximate surface area is 125 Å². The van der Waals surface area contributed by atoms with Crippen LogP contribution in [0, 0.1) is 11.8 Å². The fourth-order valence-electron chi connectivity index (χ4n) is 3.28. The summed E-state index contributed by atoms with van der Waals surface area (Å²) in [6.07, 6.45) is 5.95. The number of aryl methyl sites for hydroxylation is 1. The average molecular weight is 282 g/mol. The second-order valence-electron chi connectivity index (χ2n) is 6.26. The third-order valence-electron chi connectivity index (χ3n) is 4.65. The van der Waals surface area contributed by atoms with Crippen molar-refractivity contribution in [2.45, 2.75) is 38.5 Å². The van der Waals surface area contributed by atoms with Crippen molar-refractivity contribution >= 4 is 16.7 Å². The van der Waals surface area contributed by atoms with Gasteiger partial charge >= 0.3 is 5.97 Å². The van der Waals surface area contributed by atoms with E-state index in [9.17, 15) is 4.79 Å². The molecule has 2 aromatic carbocycles. The Morgan fingerprint density at radius 3 is 2.62 bits per heavy atom. The molecule has 2 atom stereocenters. The fourth-order valence-corrected chi connectivity index (χ4v) is 3.28. The molecule has 21 heavy (non-hydrogen) atoms. The van der Waals surface area contributed by atoms with Gasteiger partial charge in [-0.25, -0.2) is 0 Å². The topological polar surface area (TPSA) is 37.3 Å². The van der Waals surface area contributed by atoms with E-state index < -0.39 is 5.97 Å². The van der Waals surface area contributed by atoms with Crippen LogP contribution >= 0.6 is 0 Å². The van der Waals surface area contributed by atoms with Crippen LogP contribution in [0.2, 0.25) is 0 Å².